The van der Waals surface area contributed by atoms with Crippen molar-refractivity contribution in [2.45, 2.75) is 78.8 Å². The van der Waals surface area contributed by atoms with Crippen molar-refractivity contribution in [1.82, 2.24) is 91.3 Å². The number of ether oxygens (including phenoxy) is 6. The van der Waals surface area contributed by atoms with Gasteiger partial charge in [-0.3, -0.25) is 0 Å². The van der Waals surface area contributed by atoms with Crippen molar-refractivity contribution >= 4 is 156 Å². The highest BCUT2D eigenvalue weighted by molar-refractivity contribution is 7.72. The van der Waals surface area contributed by atoms with Crippen molar-refractivity contribution in [2.24, 2.45) is 0 Å². The second kappa shape index (κ2) is 50.5. The van der Waals surface area contributed by atoms with Crippen molar-refractivity contribution in [3.8, 4) is 34.5 Å². The second-order valence-electron chi connectivity index (χ2n) is 33.9. The van der Waals surface area contributed by atoms with Crippen LogP contribution >= 0.6 is 73.3 Å². The molecule has 1 aliphatic rings. The first-order valence-electron chi connectivity index (χ1n) is 46.2. The van der Waals surface area contributed by atoms with Crippen molar-refractivity contribution < 1.29 is 28.4 Å². The Kier molecular flexibility index (Phi) is 36.2. The second-order valence-corrected chi connectivity index (χ2v) is 36.4. The molecule has 0 radical (unpaired) electrons. The van der Waals surface area contributed by atoms with Gasteiger partial charge >= 0.3 is 0 Å². The minimum absolute atomic E-state index is 0.195. The number of imidazole rings is 6. The van der Waals surface area contributed by atoms with E-state index in [0.29, 0.717) is 68.3 Å². The number of hydrogen-bond donors (Lipinski definition) is 17. The fraction of sp³-hybridized carbons (Fsp3) is 0.222. The number of nitrogens with zero attached hydrogens (tertiary/aromatic N) is 1. The molecule has 20 rings (SSSR count). The van der Waals surface area contributed by atoms with Gasteiger partial charge in [0.1, 0.15) is 101 Å². The van der Waals surface area contributed by atoms with Crippen LogP contribution < -0.4 is 55.0 Å². The molecule has 138 heavy (non-hydrogen) atoms. The van der Waals surface area contributed by atoms with Gasteiger partial charge in [-0.15, -0.1) is 0 Å². The number of H-pyrrole nitrogens is 12. The molecule has 30 heteroatoms. The number of nitrogens with one attached hydrogen (secondary N) is 17. The van der Waals surface area contributed by atoms with E-state index in [1.807, 2.05) is 133 Å². The summed E-state index contributed by atoms with van der Waals surface area (Å²) >= 11 is 30.7. The third-order valence-electron chi connectivity index (χ3n) is 22.6. The summed E-state index contributed by atoms with van der Waals surface area (Å²) in [5.74, 6) is 4.95. The molecule has 6 aromatic heterocycles. The number of rotatable bonds is 35. The maximum atomic E-state index is 5.95. The molecule has 0 amide bonds. The zero-order chi connectivity index (χ0) is 95.6. The van der Waals surface area contributed by atoms with Crippen LogP contribution in [0.4, 0.5) is 0 Å². The maximum absolute atomic E-state index is 5.95. The van der Waals surface area contributed by atoms with E-state index < -0.39 is 0 Å². The normalized spacial score (nSPS) is 11.5. The van der Waals surface area contributed by atoms with Crippen LogP contribution in [0.15, 0.2) is 291 Å². The first kappa shape index (κ1) is 98.9. The third-order valence-corrected chi connectivity index (χ3v) is 23.9. The Hall–Kier alpha value is -13.6. The third kappa shape index (κ3) is 29.2. The first-order valence-corrected chi connectivity index (χ1v) is 48.6. The van der Waals surface area contributed by atoms with E-state index in [9.17, 15) is 0 Å². The molecule has 19 aromatic rings. The number of para-hydroxylation sites is 6. The quantitative estimate of drug-likeness (QED) is 0.0130. The predicted octanol–water partition coefficient (Wildman–Crippen LogP) is 24.2. The summed E-state index contributed by atoms with van der Waals surface area (Å²) in [4.78, 5) is 39.6. The Morgan fingerprint density at radius 3 is 1.01 bits per heavy atom. The predicted molar refractivity (Wildman–Crippen MR) is 576 cm³/mol. The standard InChI is InChI=1S/C20H19N3OS.C20H25N3OS.C18H17N3OS.2C17H19N3OS.C16H17N3OS/c25-20-22-17-9-4-10-18(19(17)23-20)24-12-11-21-13-15-7-3-6-14-5-1-2-8-16(14)15;1-20(2,3)15-9-7-14(8-10-15)13-21-11-12-24-17-6-4-5-16-18(17)23-19(25)22-16;23-18-19-15-6-3-7-16(17(15)20-18)22-11-10-21-9-8-13-4-1-2-5-14(13)12-21;1-12-5-7-13(8-6-12)11-18-9-10-21-15-4-2-3-14-16(15)20-17(22)19-14;22-17-19-14-8-4-9-15(16(14)20-17)21-11-5-10-18-12-13-6-2-1-3-7-13;21-16-18-13-7-4-8-14(15(13)19-16)20-10-9-17-11-12-5-2-1-3-6-12/h1-10,21H,11-13H2,(H2,22,23,25);4-10,21H,11-13H2,1-3H3,(H2,22,23,25);1-9H,10-12H2,(H2,19,20,23);2-8,18H,9-11H2,1H3,(H2,19,20,22);1-4,6-9,18H,5,10-12H2,(H2,19,20,22);1-8,17H,9-11H2,(H2,18,19,21). The molecule has 1 aliphatic heterocycles. The molecular weight excluding hydrogens is 1840 g/mol. The van der Waals surface area contributed by atoms with Crippen LogP contribution in [0, 0.1) is 35.6 Å². The van der Waals surface area contributed by atoms with Crippen LogP contribution in [0.2, 0.25) is 0 Å². The number of aromatic amines is 12. The van der Waals surface area contributed by atoms with Gasteiger partial charge in [-0.2, -0.15) is 0 Å². The summed E-state index contributed by atoms with van der Waals surface area (Å²) in [5, 5.41) is 19.6. The van der Waals surface area contributed by atoms with E-state index in [0.717, 1.165) is 186 Å². The number of aryl methyl sites for hydroxylation is 1. The molecule has 0 unspecified atom stereocenters. The molecule has 0 bridgehead atoms. The van der Waals surface area contributed by atoms with Gasteiger partial charge in [0.2, 0.25) is 0 Å². The summed E-state index contributed by atoms with van der Waals surface area (Å²) in [6.45, 7) is 22.6. The van der Waals surface area contributed by atoms with Crippen LogP contribution in [-0.2, 0) is 44.7 Å². The zero-order valence-electron chi connectivity index (χ0n) is 77.6. The van der Waals surface area contributed by atoms with Gasteiger partial charge in [0.05, 0.1) is 46.3 Å². The highest BCUT2D eigenvalue weighted by atomic mass is 32.1. The van der Waals surface area contributed by atoms with E-state index in [1.165, 1.54) is 60.8 Å². The van der Waals surface area contributed by atoms with Gasteiger partial charge < -0.3 is 120 Å². The summed E-state index contributed by atoms with van der Waals surface area (Å²) in [6, 6.07) is 96.7. The average molecular weight is 1950 g/mol. The largest absolute Gasteiger partial charge is 0.491 e. The Labute approximate surface area is 832 Å². The molecule has 0 spiro atoms. The van der Waals surface area contributed by atoms with E-state index in [4.69, 9.17) is 102 Å². The fourth-order valence-electron chi connectivity index (χ4n) is 15.6. The molecule has 17 N–H and O–H groups in total. The lowest BCUT2D eigenvalue weighted by Crippen LogP contribution is -2.25. The highest BCUT2D eigenvalue weighted by Crippen LogP contribution is 2.31. The highest BCUT2D eigenvalue weighted by Gasteiger charge is 2.16. The van der Waals surface area contributed by atoms with E-state index in [-0.39, 0.29) is 5.41 Å². The van der Waals surface area contributed by atoms with Gasteiger partial charge in [-0.05, 0) is 233 Å². The van der Waals surface area contributed by atoms with Gasteiger partial charge in [0, 0.05) is 71.6 Å². The molecule has 710 valence electrons. The summed E-state index contributed by atoms with van der Waals surface area (Å²) < 4.78 is 38.9. The first-order chi connectivity index (χ1) is 67.4. The minimum atomic E-state index is 0.195. The van der Waals surface area contributed by atoms with Crippen LogP contribution in [-0.4, -0.2) is 144 Å². The zero-order valence-corrected chi connectivity index (χ0v) is 82.5. The Bertz CT molecular complexity index is 7510. The monoisotopic (exact) mass is 1950 g/mol. The molecule has 0 fully saturated rings. The van der Waals surface area contributed by atoms with Gasteiger partial charge in [-0.1, -0.05) is 239 Å². The molecule has 0 saturated heterocycles. The average Bonchev–Trinajstić information content (AvgIpc) is 1.69. The van der Waals surface area contributed by atoms with Crippen molar-refractivity contribution in [3.05, 3.63) is 370 Å². The van der Waals surface area contributed by atoms with Gasteiger partial charge in [-0.25, -0.2) is 0 Å². The van der Waals surface area contributed by atoms with Gasteiger partial charge in [0.15, 0.2) is 28.6 Å². The molecule has 7 heterocycles. The fourth-order valence-corrected chi connectivity index (χ4v) is 16.8. The molecule has 24 nitrogen and oxygen atoms in total. The van der Waals surface area contributed by atoms with Gasteiger partial charge in [0.25, 0.3) is 0 Å². The number of fused-ring (bicyclic) bond motifs is 8. The Balaban J connectivity index is 0.000000126. The molecule has 0 aliphatic carbocycles. The van der Waals surface area contributed by atoms with Crippen molar-refractivity contribution in [2.75, 3.05) is 78.9 Å². The Morgan fingerprint density at radius 2 is 0.616 bits per heavy atom. The number of aromatic nitrogens is 12. The van der Waals surface area contributed by atoms with E-state index >= 15 is 0 Å². The molecule has 0 atom stereocenters. The molecule has 0 saturated carbocycles. The van der Waals surface area contributed by atoms with Crippen molar-refractivity contribution in [3.63, 3.8) is 0 Å². The minimum Gasteiger partial charge on any atom is -0.491 e. The summed E-state index contributed by atoms with van der Waals surface area (Å²) in [7, 11) is 0. The lowest BCUT2D eigenvalue weighted by atomic mass is 9.87. The van der Waals surface area contributed by atoms with Crippen LogP contribution in [0.3, 0.4) is 0 Å². The smallest absolute Gasteiger partial charge is 0.175 e. The lowest BCUT2D eigenvalue weighted by Gasteiger charge is -2.25. The van der Waals surface area contributed by atoms with Crippen LogP contribution in [0.25, 0.3) is 83.0 Å². The van der Waals surface area contributed by atoms with E-state index in [2.05, 4.69) is 283 Å². The maximum Gasteiger partial charge on any atom is 0.175 e. The van der Waals surface area contributed by atoms with E-state index in [1.54, 1.807) is 0 Å². The Morgan fingerprint density at radius 1 is 0.297 bits per heavy atom. The summed E-state index contributed by atoms with van der Waals surface area (Å²) in [5.41, 5.74) is 23.3. The van der Waals surface area contributed by atoms with Crippen LogP contribution in [0.5, 0.6) is 34.5 Å². The topological polar surface area (TPSA) is 308 Å². The number of benzene rings is 13. The SMILES string of the molecule is CC(C)(C)c1ccc(CNCCOc2cccc3[nH]c(=S)[nH]c23)cc1.Cc1ccc(CNCCOc2cccc3[nH]c(=S)[nH]c23)cc1.S=c1[nH]c2cccc(OCCCNCc3ccccc3)c2[nH]1.S=c1[nH]c2cccc(OCCN3C=Cc4ccccc4C3)c2[nH]1.S=c1[nH]c2cccc(OCCNCc3cccc4ccccc34)c2[nH]1.S=c1[nH]c2cccc(OCCNCc3ccccc3)c2[nH]1. The lowest BCUT2D eigenvalue weighted by molar-refractivity contribution is 0.251. The van der Waals surface area contributed by atoms with Crippen LogP contribution in [0.1, 0.15) is 77.3 Å². The number of hydrogen-bond acceptors (Lipinski definition) is 18. The summed E-state index contributed by atoms with van der Waals surface area (Å²) in [6.07, 6.45) is 5.24. The molecular formula is C108H116N18O6S6. The van der Waals surface area contributed by atoms with Crippen molar-refractivity contribution in [1.29, 1.82) is 0 Å². The molecule has 13 aromatic carbocycles.